The Morgan fingerprint density at radius 1 is 1.07 bits per heavy atom. The van der Waals surface area contributed by atoms with Gasteiger partial charge in [0.1, 0.15) is 5.75 Å². The molecule has 2 aromatic carbocycles. The highest BCUT2D eigenvalue weighted by Crippen LogP contribution is 2.48. The number of hydrogen-bond acceptors (Lipinski definition) is 4. The van der Waals surface area contributed by atoms with Crippen LogP contribution >= 0.6 is 0 Å². The van der Waals surface area contributed by atoms with E-state index in [0.717, 1.165) is 34.9 Å². The zero-order chi connectivity index (χ0) is 19.0. The van der Waals surface area contributed by atoms with Crippen LogP contribution in [0.25, 0.3) is 10.9 Å². The van der Waals surface area contributed by atoms with E-state index in [0.29, 0.717) is 17.2 Å². The molecule has 1 fully saturated rings. The van der Waals surface area contributed by atoms with E-state index in [9.17, 15) is 4.79 Å². The van der Waals surface area contributed by atoms with Crippen molar-refractivity contribution < 1.29 is 14.3 Å². The third-order valence-corrected chi connectivity index (χ3v) is 5.21. The van der Waals surface area contributed by atoms with Crippen molar-refractivity contribution in [1.29, 1.82) is 0 Å². The van der Waals surface area contributed by atoms with Gasteiger partial charge in [-0.2, -0.15) is 0 Å². The number of nitrogens with one attached hydrogen (secondary N) is 1. The molecule has 0 saturated heterocycles. The number of benzene rings is 2. The number of hydrogen-bond donors (Lipinski definition) is 1. The van der Waals surface area contributed by atoms with Gasteiger partial charge in [0.2, 0.25) is 5.88 Å². The van der Waals surface area contributed by atoms with Crippen molar-refractivity contribution >= 4 is 16.8 Å². The number of carbonyl (C=O) groups excluding carboxylic acids is 1. The molecule has 0 aliphatic heterocycles. The quantitative estimate of drug-likeness (QED) is 0.746. The van der Waals surface area contributed by atoms with Gasteiger partial charge in [-0.3, -0.25) is 4.79 Å². The second-order valence-electron chi connectivity index (χ2n) is 6.95. The minimum atomic E-state index is -0.386. The van der Waals surface area contributed by atoms with E-state index < -0.39 is 0 Å². The van der Waals surface area contributed by atoms with E-state index in [1.807, 2.05) is 49.4 Å². The van der Waals surface area contributed by atoms with Crippen LogP contribution in [0.3, 0.4) is 0 Å². The van der Waals surface area contributed by atoms with Crippen molar-refractivity contribution in [2.45, 2.75) is 25.3 Å². The van der Waals surface area contributed by atoms with Crippen molar-refractivity contribution in [3.8, 4) is 11.6 Å². The fourth-order valence-electron chi connectivity index (χ4n) is 3.50. The number of para-hydroxylation sites is 1. The van der Waals surface area contributed by atoms with E-state index in [1.165, 1.54) is 0 Å². The lowest BCUT2D eigenvalue weighted by molar-refractivity contribution is 0.0930. The third-order valence-electron chi connectivity index (χ3n) is 5.21. The Kier molecular flexibility index (Phi) is 4.22. The highest BCUT2D eigenvalue weighted by atomic mass is 16.5. The van der Waals surface area contributed by atoms with Crippen LogP contribution in [0.4, 0.5) is 0 Å². The second kappa shape index (κ2) is 6.58. The van der Waals surface area contributed by atoms with Gasteiger partial charge in [-0.15, -0.1) is 0 Å². The molecule has 1 N–H and O–H groups in total. The highest BCUT2D eigenvalue weighted by molar-refractivity contribution is 5.97. The molecule has 1 saturated carbocycles. The number of amides is 1. The van der Waals surface area contributed by atoms with E-state index in [2.05, 4.69) is 10.3 Å². The van der Waals surface area contributed by atoms with Gasteiger partial charge in [0.05, 0.1) is 25.3 Å². The molecule has 0 bridgehead atoms. The predicted molar refractivity (Wildman–Crippen MR) is 104 cm³/mol. The first-order valence-electron chi connectivity index (χ1n) is 8.98. The van der Waals surface area contributed by atoms with Gasteiger partial charge in [-0.1, -0.05) is 24.3 Å². The van der Waals surface area contributed by atoms with Gasteiger partial charge in [-0.25, -0.2) is 4.98 Å². The number of fused-ring (bicyclic) bond motifs is 1. The molecule has 1 aromatic heterocycles. The lowest BCUT2D eigenvalue weighted by Gasteiger charge is -2.21. The molecule has 4 rings (SSSR count). The summed E-state index contributed by atoms with van der Waals surface area (Å²) in [5.41, 5.74) is 3.08. The molecular weight excluding hydrogens is 340 g/mol. The minimum Gasteiger partial charge on any atom is -0.497 e. The third kappa shape index (κ3) is 3.10. The predicted octanol–water partition coefficient (Wildman–Crippen LogP) is 3.98. The molecule has 1 aliphatic rings. The van der Waals surface area contributed by atoms with Gasteiger partial charge >= 0.3 is 0 Å². The average Bonchev–Trinajstić information content (AvgIpc) is 3.47. The minimum absolute atomic E-state index is 0.0937. The standard InChI is InChI=1S/C22H22N2O3/c1-14-8-9-15(26-2)12-17(14)21(25)24-22(10-11-22)18-13-20(27-3)23-19-7-5-4-6-16(18)19/h4-9,12-13H,10-11H2,1-3H3,(H,24,25). The molecule has 0 unspecified atom stereocenters. The van der Waals surface area contributed by atoms with Crippen LogP contribution in [0.2, 0.25) is 0 Å². The second-order valence-corrected chi connectivity index (χ2v) is 6.95. The Balaban J connectivity index is 1.73. The molecule has 1 aliphatic carbocycles. The Hall–Kier alpha value is -3.08. The summed E-state index contributed by atoms with van der Waals surface area (Å²) in [6, 6.07) is 15.4. The maximum Gasteiger partial charge on any atom is 0.252 e. The summed E-state index contributed by atoms with van der Waals surface area (Å²) in [4.78, 5) is 17.6. The number of aryl methyl sites for hydroxylation is 1. The summed E-state index contributed by atoms with van der Waals surface area (Å²) in [5, 5.41) is 4.30. The van der Waals surface area contributed by atoms with Gasteiger partial charge in [0.15, 0.2) is 0 Å². The molecule has 1 amide bonds. The highest BCUT2D eigenvalue weighted by Gasteiger charge is 2.47. The molecule has 27 heavy (non-hydrogen) atoms. The molecule has 0 atom stereocenters. The molecule has 5 nitrogen and oxygen atoms in total. The molecule has 138 valence electrons. The Morgan fingerprint density at radius 3 is 2.56 bits per heavy atom. The van der Waals surface area contributed by atoms with Crippen LogP contribution < -0.4 is 14.8 Å². The molecular formula is C22H22N2O3. The largest absolute Gasteiger partial charge is 0.497 e. The van der Waals surface area contributed by atoms with Gasteiger partial charge in [0, 0.05) is 17.0 Å². The van der Waals surface area contributed by atoms with Crippen molar-refractivity contribution in [1.82, 2.24) is 10.3 Å². The SMILES string of the molecule is COc1ccc(C)c(C(=O)NC2(c3cc(OC)nc4ccccc34)CC2)c1. The van der Waals surface area contributed by atoms with Crippen molar-refractivity contribution in [2.75, 3.05) is 14.2 Å². The van der Waals surface area contributed by atoms with Crippen LogP contribution in [-0.2, 0) is 5.54 Å². The summed E-state index contributed by atoms with van der Waals surface area (Å²) in [6.07, 6.45) is 1.78. The topological polar surface area (TPSA) is 60.5 Å². The number of aromatic nitrogens is 1. The first-order valence-corrected chi connectivity index (χ1v) is 8.98. The number of methoxy groups -OCH3 is 2. The first kappa shape index (κ1) is 17.3. The zero-order valence-electron chi connectivity index (χ0n) is 15.7. The zero-order valence-corrected chi connectivity index (χ0v) is 15.7. The summed E-state index contributed by atoms with van der Waals surface area (Å²) < 4.78 is 10.7. The number of ether oxygens (including phenoxy) is 2. The van der Waals surface area contributed by atoms with Crippen LogP contribution in [-0.4, -0.2) is 25.1 Å². The van der Waals surface area contributed by atoms with Gasteiger partial charge < -0.3 is 14.8 Å². The van der Waals surface area contributed by atoms with E-state index >= 15 is 0 Å². The monoisotopic (exact) mass is 362 g/mol. The van der Waals surface area contributed by atoms with Crippen molar-refractivity contribution in [3.63, 3.8) is 0 Å². The Morgan fingerprint density at radius 2 is 1.85 bits per heavy atom. The number of pyridine rings is 1. The molecule has 1 heterocycles. The maximum absolute atomic E-state index is 13.0. The van der Waals surface area contributed by atoms with Crippen molar-refractivity contribution in [3.05, 3.63) is 65.2 Å². The average molecular weight is 362 g/mol. The summed E-state index contributed by atoms with van der Waals surface area (Å²) in [6.45, 7) is 1.93. The van der Waals surface area contributed by atoms with E-state index in [1.54, 1.807) is 20.3 Å². The normalized spacial score (nSPS) is 14.6. The fourth-order valence-corrected chi connectivity index (χ4v) is 3.50. The number of carbonyl (C=O) groups is 1. The number of rotatable bonds is 5. The Labute approximate surface area is 158 Å². The maximum atomic E-state index is 13.0. The summed E-state index contributed by atoms with van der Waals surface area (Å²) in [5.74, 6) is 1.14. The van der Waals surface area contributed by atoms with Crippen LogP contribution in [0.1, 0.15) is 34.3 Å². The molecule has 5 heteroatoms. The van der Waals surface area contributed by atoms with Crippen LogP contribution in [0.5, 0.6) is 11.6 Å². The fraction of sp³-hybridized carbons (Fsp3) is 0.273. The van der Waals surface area contributed by atoms with Crippen LogP contribution in [0, 0.1) is 6.92 Å². The summed E-state index contributed by atoms with van der Waals surface area (Å²) >= 11 is 0. The molecule has 0 radical (unpaired) electrons. The first-order chi connectivity index (χ1) is 13.1. The Bertz CT molecular complexity index is 1030. The lowest BCUT2D eigenvalue weighted by atomic mass is 9.98. The number of nitrogens with zero attached hydrogens (tertiary/aromatic N) is 1. The lowest BCUT2D eigenvalue weighted by Crippen LogP contribution is -2.35. The van der Waals surface area contributed by atoms with E-state index in [-0.39, 0.29) is 11.4 Å². The van der Waals surface area contributed by atoms with Crippen LogP contribution in [0.15, 0.2) is 48.5 Å². The van der Waals surface area contributed by atoms with Gasteiger partial charge in [-0.05, 0) is 49.1 Å². The molecule has 3 aromatic rings. The van der Waals surface area contributed by atoms with E-state index in [4.69, 9.17) is 9.47 Å². The van der Waals surface area contributed by atoms with Gasteiger partial charge in [0.25, 0.3) is 5.91 Å². The molecule has 0 spiro atoms. The smallest absolute Gasteiger partial charge is 0.252 e. The summed E-state index contributed by atoms with van der Waals surface area (Å²) in [7, 11) is 3.21. The van der Waals surface area contributed by atoms with Crippen molar-refractivity contribution in [2.24, 2.45) is 0 Å².